The fourth-order valence-corrected chi connectivity index (χ4v) is 4.51. The molecule has 9 nitrogen and oxygen atoms in total. The molecule has 0 fully saturated rings. The second kappa shape index (κ2) is 11.3. The monoisotopic (exact) mass is 557 g/mol. The van der Waals surface area contributed by atoms with Gasteiger partial charge in [0, 0.05) is 28.9 Å². The minimum atomic E-state index is -0.926. The Bertz CT molecular complexity index is 1490. The van der Waals surface area contributed by atoms with Crippen LogP contribution in [0.2, 0.25) is 0 Å². The number of alkyl carbamates (subject to hydrolysis) is 1. The van der Waals surface area contributed by atoms with Crippen LogP contribution in [-0.4, -0.2) is 38.9 Å². The summed E-state index contributed by atoms with van der Waals surface area (Å²) < 4.78 is 16.2. The number of methoxy groups -OCH3 is 1. The zero-order valence-electron chi connectivity index (χ0n) is 25.3. The summed E-state index contributed by atoms with van der Waals surface area (Å²) in [5.74, 6) is 1.64. The molecular weight excluding hydrogens is 518 g/mol. The summed E-state index contributed by atoms with van der Waals surface area (Å²) in [5.41, 5.74) is 2.97. The normalized spacial score (nSPS) is 13.5. The number of nitrogens with one attached hydrogen (secondary N) is 1. The van der Waals surface area contributed by atoms with Gasteiger partial charge < -0.3 is 19.3 Å². The first-order valence-electron chi connectivity index (χ1n) is 13.6. The smallest absolute Gasteiger partial charge is 0.408 e. The van der Waals surface area contributed by atoms with Crippen molar-refractivity contribution in [2.75, 3.05) is 7.11 Å². The Morgan fingerprint density at radius 1 is 0.902 bits per heavy atom. The lowest BCUT2D eigenvalue weighted by Crippen LogP contribution is -2.44. The Balaban J connectivity index is 1.56. The van der Waals surface area contributed by atoms with E-state index in [1.165, 1.54) is 0 Å². The summed E-state index contributed by atoms with van der Waals surface area (Å²) in [6.07, 6.45) is 4.72. The van der Waals surface area contributed by atoms with Gasteiger partial charge in [0.15, 0.2) is 0 Å². The van der Waals surface area contributed by atoms with Crippen LogP contribution in [0.4, 0.5) is 4.79 Å². The van der Waals surface area contributed by atoms with Gasteiger partial charge in [0.25, 0.3) is 5.89 Å². The van der Waals surface area contributed by atoms with Gasteiger partial charge in [-0.25, -0.2) is 4.79 Å². The average molecular weight is 558 g/mol. The Labute approximate surface area is 241 Å². The van der Waals surface area contributed by atoms with E-state index in [4.69, 9.17) is 19.0 Å². The van der Waals surface area contributed by atoms with Crippen LogP contribution in [0, 0.1) is 5.92 Å². The summed E-state index contributed by atoms with van der Waals surface area (Å²) in [4.78, 5) is 26.0. The van der Waals surface area contributed by atoms with E-state index in [0.717, 1.165) is 28.1 Å². The van der Waals surface area contributed by atoms with Crippen molar-refractivity contribution in [2.45, 2.75) is 71.9 Å². The van der Waals surface area contributed by atoms with E-state index in [2.05, 4.69) is 65.5 Å². The molecule has 0 aliphatic carbocycles. The van der Waals surface area contributed by atoms with Gasteiger partial charge in [0.1, 0.15) is 16.9 Å². The van der Waals surface area contributed by atoms with Crippen LogP contribution >= 0.6 is 0 Å². The average Bonchev–Trinajstić information content (AvgIpc) is 3.43. The fourth-order valence-electron chi connectivity index (χ4n) is 4.51. The first kappa shape index (κ1) is 29.7. The third-order valence-corrected chi connectivity index (χ3v) is 7.25. The van der Waals surface area contributed by atoms with E-state index in [-0.39, 0.29) is 17.2 Å². The lowest BCUT2D eigenvalue weighted by molar-refractivity contribution is 0.0452. The molecule has 0 saturated heterocycles. The largest absolute Gasteiger partial charge is 0.495 e. The number of carbonyl (C=O) groups excluding carboxylic acids is 1. The van der Waals surface area contributed by atoms with Gasteiger partial charge in [-0.3, -0.25) is 9.97 Å². The van der Waals surface area contributed by atoms with E-state index >= 15 is 0 Å². The van der Waals surface area contributed by atoms with Gasteiger partial charge in [0.2, 0.25) is 5.82 Å². The van der Waals surface area contributed by atoms with Crippen molar-refractivity contribution in [3.63, 3.8) is 0 Å². The number of nitrogens with zero attached hydrogens (tertiary/aromatic N) is 4. The minimum Gasteiger partial charge on any atom is -0.495 e. The highest BCUT2D eigenvalue weighted by atomic mass is 16.6. The number of hydrogen-bond acceptors (Lipinski definition) is 8. The lowest BCUT2D eigenvalue weighted by atomic mass is 9.70. The van der Waals surface area contributed by atoms with Gasteiger partial charge in [-0.2, -0.15) is 4.98 Å². The van der Waals surface area contributed by atoms with Crippen LogP contribution < -0.4 is 10.1 Å². The van der Waals surface area contributed by atoms with Crippen molar-refractivity contribution in [1.29, 1.82) is 0 Å². The highest BCUT2D eigenvalue weighted by Gasteiger charge is 2.35. The highest BCUT2D eigenvalue weighted by molar-refractivity contribution is 5.69. The SMILES string of the molecule is COc1cncc(-c2ccc(C(C)(c3ccc(-c4noc(C(C)(C)NC(=O)OC(C)(C)C)n4)cn3)C(C)C)cc2)c1. The molecule has 4 aromatic rings. The predicted molar refractivity (Wildman–Crippen MR) is 157 cm³/mol. The van der Waals surface area contributed by atoms with Gasteiger partial charge in [-0.1, -0.05) is 43.3 Å². The number of benzene rings is 1. The van der Waals surface area contributed by atoms with Crippen LogP contribution in [0.5, 0.6) is 5.75 Å². The minimum absolute atomic E-state index is 0.265. The summed E-state index contributed by atoms with van der Waals surface area (Å²) in [6.45, 7) is 15.6. The van der Waals surface area contributed by atoms with Crippen molar-refractivity contribution >= 4 is 6.09 Å². The standard InChI is InChI=1S/C32H39N5O4/c1-20(2)32(8,24-13-10-21(11-14-24)23-16-25(39-9)19-33-17-23)26-15-12-22(18-34-26)27-35-28(41-37-27)31(6,7)36-29(38)40-30(3,4)5/h10-20H,1-9H3,(H,36,38). The summed E-state index contributed by atoms with van der Waals surface area (Å²) in [7, 11) is 1.64. The molecule has 1 N–H and O–H groups in total. The molecule has 216 valence electrons. The maximum absolute atomic E-state index is 12.3. The van der Waals surface area contributed by atoms with Crippen molar-refractivity contribution in [2.24, 2.45) is 5.92 Å². The second-order valence-corrected chi connectivity index (χ2v) is 12.2. The Morgan fingerprint density at radius 3 is 2.17 bits per heavy atom. The highest BCUT2D eigenvalue weighted by Crippen LogP contribution is 2.39. The molecule has 1 unspecified atom stereocenters. The predicted octanol–water partition coefficient (Wildman–Crippen LogP) is 6.92. The number of pyridine rings is 2. The van der Waals surface area contributed by atoms with E-state index < -0.39 is 17.2 Å². The van der Waals surface area contributed by atoms with Crippen LogP contribution in [-0.2, 0) is 15.7 Å². The summed E-state index contributed by atoms with van der Waals surface area (Å²) in [5, 5.41) is 6.93. The van der Waals surface area contributed by atoms with Crippen molar-refractivity contribution < 1.29 is 18.8 Å². The molecule has 0 aliphatic heterocycles. The quantitative estimate of drug-likeness (QED) is 0.248. The topological polar surface area (TPSA) is 112 Å². The molecule has 0 aliphatic rings. The Morgan fingerprint density at radius 2 is 1.59 bits per heavy atom. The van der Waals surface area contributed by atoms with Gasteiger partial charge in [-0.05, 0) is 76.8 Å². The molecule has 0 saturated carbocycles. The molecule has 0 spiro atoms. The zero-order valence-corrected chi connectivity index (χ0v) is 25.3. The number of ether oxygens (including phenoxy) is 2. The first-order chi connectivity index (χ1) is 19.2. The molecule has 1 aromatic carbocycles. The second-order valence-electron chi connectivity index (χ2n) is 12.2. The fraction of sp³-hybridized carbons (Fsp3) is 0.406. The Hall–Kier alpha value is -4.27. The number of hydrogen-bond donors (Lipinski definition) is 1. The van der Waals surface area contributed by atoms with Crippen LogP contribution in [0.1, 0.15) is 72.5 Å². The van der Waals surface area contributed by atoms with Crippen molar-refractivity contribution in [1.82, 2.24) is 25.4 Å². The molecule has 1 amide bonds. The van der Waals surface area contributed by atoms with Gasteiger partial charge in [-0.15, -0.1) is 0 Å². The summed E-state index contributed by atoms with van der Waals surface area (Å²) in [6, 6.07) is 14.4. The molecule has 41 heavy (non-hydrogen) atoms. The zero-order chi connectivity index (χ0) is 30.0. The number of carbonyl (C=O) groups is 1. The molecule has 3 heterocycles. The molecule has 0 bridgehead atoms. The van der Waals surface area contributed by atoms with Crippen molar-refractivity contribution in [3.05, 3.63) is 78.2 Å². The Kier molecular flexibility index (Phi) is 8.19. The van der Waals surface area contributed by atoms with E-state index in [9.17, 15) is 4.79 Å². The van der Waals surface area contributed by atoms with Crippen LogP contribution in [0.15, 0.2) is 65.6 Å². The van der Waals surface area contributed by atoms with Gasteiger partial charge in [0.05, 0.1) is 19.0 Å². The third kappa shape index (κ3) is 6.56. The molecule has 3 aromatic heterocycles. The first-order valence-corrected chi connectivity index (χ1v) is 13.6. The summed E-state index contributed by atoms with van der Waals surface area (Å²) >= 11 is 0. The third-order valence-electron chi connectivity index (χ3n) is 7.25. The molecular formula is C32H39N5O4. The molecule has 1 atom stereocenters. The van der Waals surface area contributed by atoms with Crippen molar-refractivity contribution in [3.8, 4) is 28.3 Å². The maximum atomic E-state index is 12.3. The molecule has 9 heteroatoms. The van der Waals surface area contributed by atoms with Crippen LogP contribution in [0.3, 0.4) is 0 Å². The number of aromatic nitrogens is 4. The molecule has 0 radical (unpaired) electrons. The van der Waals surface area contributed by atoms with Gasteiger partial charge >= 0.3 is 6.09 Å². The van der Waals surface area contributed by atoms with E-state index in [1.54, 1.807) is 54.1 Å². The lowest BCUT2D eigenvalue weighted by Gasteiger charge is -2.34. The number of rotatable bonds is 8. The van der Waals surface area contributed by atoms with E-state index in [1.807, 2.05) is 24.4 Å². The van der Waals surface area contributed by atoms with Crippen LogP contribution in [0.25, 0.3) is 22.5 Å². The molecule has 4 rings (SSSR count). The number of amides is 1. The van der Waals surface area contributed by atoms with E-state index in [0.29, 0.717) is 11.4 Å². The maximum Gasteiger partial charge on any atom is 0.408 e.